The molecule has 0 fully saturated rings. The van der Waals surface area contributed by atoms with Gasteiger partial charge in [0, 0.05) is 5.56 Å². The smallest absolute Gasteiger partial charge is 0.262 e. The SMILES string of the molecule is COc1ccc(C(=O)NC(C)C(=O)NN=Cc2ccc(C(C)(C)C)cc2)cc1. The number of rotatable bonds is 6. The van der Waals surface area contributed by atoms with Crippen molar-refractivity contribution in [2.45, 2.75) is 39.2 Å². The predicted molar refractivity (Wildman–Crippen MR) is 111 cm³/mol. The number of nitrogens with zero attached hydrogens (tertiary/aromatic N) is 1. The molecule has 0 bridgehead atoms. The first-order valence-corrected chi connectivity index (χ1v) is 9.09. The normalized spacial score (nSPS) is 12.5. The molecule has 2 rings (SSSR count). The second-order valence-electron chi connectivity index (χ2n) is 7.53. The minimum absolute atomic E-state index is 0.0847. The summed E-state index contributed by atoms with van der Waals surface area (Å²) in [6, 6.07) is 13.9. The van der Waals surface area contributed by atoms with E-state index in [2.05, 4.69) is 36.6 Å². The number of nitrogens with one attached hydrogen (secondary N) is 2. The van der Waals surface area contributed by atoms with E-state index < -0.39 is 11.9 Å². The van der Waals surface area contributed by atoms with Gasteiger partial charge < -0.3 is 10.1 Å². The maximum absolute atomic E-state index is 12.2. The van der Waals surface area contributed by atoms with Gasteiger partial charge in [0.2, 0.25) is 0 Å². The van der Waals surface area contributed by atoms with E-state index in [4.69, 9.17) is 4.74 Å². The summed E-state index contributed by atoms with van der Waals surface area (Å²) in [4.78, 5) is 24.3. The predicted octanol–water partition coefficient (Wildman–Crippen LogP) is 3.26. The topological polar surface area (TPSA) is 79.8 Å². The van der Waals surface area contributed by atoms with Crippen LogP contribution in [0, 0.1) is 0 Å². The van der Waals surface area contributed by atoms with Gasteiger partial charge in [-0.3, -0.25) is 9.59 Å². The fraction of sp³-hybridized carbons (Fsp3) is 0.318. The summed E-state index contributed by atoms with van der Waals surface area (Å²) in [5.74, 6) is -0.0799. The summed E-state index contributed by atoms with van der Waals surface area (Å²) in [7, 11) is 1.56. The van der Waals surface area contributed by atoms with Crippen LogP contribution in [0.2, 0.25) is 0 Å². The van der Waals surface area contributed by atoms with E-state index >= 15 is 0 Å². The van der Waals surface area contributed by atoms with Crippen molar-refractivity contribution in [2.24, 2.45) is 5.10 Å². The molecule has 6 nitrogen and oxygen atoms in total. The Morgan fingerprint density at radius 2 is 1.64 bits per heavy atom. The Morgan fingerprint density at radius 1 is 1.04 bits per heavy atom. The lowest BCUT2D eigenvalue weighted by atomic mass is 9.87. The second kappa shape index (κ2) is 9.17. The van der Waals surface area contributed by atoms with Crippen LogP contribution in [0.5, 0.6) is 5.75 Å². The molecule has 6 heteroatoms. The minimum Gasteiger partial charge on any atom is -0.497 e. The van der Waals surface area contributed by atoms with Crippen LogP contribution in [0.1, 0.15) is 49.2 Å². The quantitative estimate of drug-likeness (QED) is 0.595. The van der Waals surface area contributed by atoms with Crippen LogP contribution in [-0.2, 0) is 10.2 Å². The van der Waals surface area contributed by atoms with Gasteiger partial charge >= 0.3 is 0 Å². The molecule has 1 atom stereocenters. The van der Waals surface area contributed by atoms with E-state index in [0.29, 0.717) is 11.3 Å². The second-order valence-corrected chi connectivity index (χ2v) is 7.53. The maximum atomic E-state index is 12.2. The number of amides is 2. The van der Waals surface area contributed by atoms with Crippen molar-refractivity contribution < 1.29 is 14.3 Å². The third-order valence-electron chi connectivity index (χ3n) is 4.26. The van der Waals surface area contributed by atoms with Crippen molar-refractivity contribution in [3.05, 3.63) is 65.2 Å². The van der Waals surface area contributed by atoms with Gasteiger partial charge in [-0.25, -0.2) is 5.43 Å². The van der Waals surface area contributed by atoms with E-state index in [1.54, 1.807) is 44.5 Å². The van der Waals surface area contributed by atoms with Gasteiger partial charge in [0.05, 0.1) is 13.3 Å². The first-order chi connectivity index (χ1) is 13.2. The van der Waals surface area contributed by atoms with Crippen LogP contribution < -0.4 is 15.5 Å². The molecular formula is C22H27N3O3. The molecule has 0 aliphatic heterocycles. The van der Waals surface area contributed by atoms with Crippen molar-refractivity contribution in [2.75, 3.05) is 7.11 Å². The highest BCUT2D eigenvalue weighted by Crippen LogP contribution is 2.21. The summed E-state index contributed by atoms with van der Waals surface area (Å²) < 4.78 is 5.06. The first kappa shape index (κ1) is 21.2. The largest absolute Gasteiger partial charge is 0.497 e. The molecule has 0 saturated heterocycles. The molecule has 1 unspecified atom stereocenters. The van der Waals surface area contributed by atoms with Gasteiger partial charge in [-0.15, -0.1) is 0 Å². The van der Waals surface area contributed by atoms with Crippen molar-refractivity contribution in [3.8, 4) is 5.75 Å². The highest BCUT2D eigenvalue weighted by molar-refractivity contribution is 5.97. The molecule has 0 saturated carbocycles. The number of carbonyl (C=O) groups excluding carboxylic acids is 2. The van der Waals surface area contributed by atoms with Crippen LogP contribution in [-0.4, -0.2) is 31.2 Å². The number of methoxy groups -OCH3 is 1. The molecule has 0 aliphatic carbocycles. The Labute approximate surface area is 166 Å². The number of hydrazone groups is 1. The Morgan fingerprint density at radius 3 is 2.18 bits per heavy atom. The van der Waals surface area contributed by atoms with Gasteiger partial charge in [-0.05, 0) is 47.7 Å². The Bertz CT molecular complexity index is 835. The number of benzene rings is 2. The molecule has 2 aromatic rings. The standard InChI is InChI=1S/C22H27N3O3/c1-15(24-21(27)17-8-12-19(28-5)13-9-17)20(26)25-23-14-16-6-10-18(11-7-16)22(2,3)4/h6-15H,1-5H3,(H,24,27)(H,25,26). The zero-order valence-electron chi connectivity index (χ0n) is 16.9. The summed E-state index contributed by atoms with van der Waals surface area (Å²) in [6.45, 7) is 8.05. The molecule has 0 aliphatic rings. The molecule has 2 N–H and O–H groups in total. The van der Waals surface area contributed by atoms with E-state index in [1.165, 1.54) is 5.56 Å². The molecule has 0 heterocycles. The number of hydrogen-bond acceptors (Lipinski definition) is 4. The third kappa shape index (κ3) is 5.94. The summed E-state index contributed by atoms with van der Waals surface area (Å²) in [5.41, 5.74) is 5.08. The number of ether oxygens (including phenoxy) is 1. The molecule has 2 amide bonds. The van der Waals surface area contributed by atoms with E-state index in [0.717, 1.165) is 5.56 Å². The molecule has 148 valence electrons. The van der Waals surface area contributed by atoms with Crippen molar-refractivity contribution in [3.63, 3.8) is 0 Å². The number of carbonyl (C=O) groups is 2. The van der Waals surface area contributed by atoms with Crippen LogP contribution in [0.25, 0.3) is 0 Å². The zero-order chi connectivity index (χ0) is 20.7. The first-order valence-electron chi connectivity index (χ1n) is 9.09. The van der Waals surface area contributed by atoms with E-state index in [-0.39, 0.29) is 11.3 Å². The van der Waals surface area contributed by atoms with Gasteiger partial charge in [0.25, 0.3) is 11.8 Å². The molecule has 28 heavy (non-hydrogen) atoms. The van der Waals surface area contributed by atoms with Gasteiger partial charge in [-0.1, -0.05) is 45.0 Å². The fourth-order valence-electron chi connectivity index (χ4n) is 2.42. The van der Waals surface area contributed by atoms with Crippen molar-refractivity contribution in [1.29, 1.82) is 0 Å². The number of hydrogen-bond donors (Lipinski definition) is 2. The van der Waals surface area contributed by atoms with E-state index in [1.807, 2.05) is 24.3 Å². The minimum atomic E-state index is -0.727. The van der Waals surface area contributed by atoms with Gasteiger partial charge in [-0.2, -0.15) is 5.10 Å². The molecule has 0 spiro atoms. The summed E-state index contributed by atoms with van der Waals surface area (Å²) in [6.07, 6.45) is 1.57. The van der Waals surface area contributed by atoms with Crippen LogP contribution in [0.3, 0.4) is 0 Å². The van der Waals surface area contributed by atoms with Crippen LogP contribution >= 0.6 is 0 Å². The molecular weight excluding hydrogens is 354 g/mol. The van der Waals surface area contributed by atoms with Crippen LogP contribution in [0.4, 0.5) is 0 Å². The Balaban J connectivity index is 1.87. The molecule has 0 radical (unpaired) electrons. The van der Waals surface area contributed by atoms with E-state index in [9.17, 15) is 9.59 Å². The van der Waals surface area contributed by atoms with Crippen molar-refractivity contribution in [1.82, 2.24) is 10.7 Å². The summed E-state index contributed by atoms with van der Waals surface area (Å²) >= 11 is 0. The molecule has 0 aromatic heterocycles. The highest BCUT2D eigenvalue weighted by atomic mass is 16.5. The van der Waals surface area contributed by atoms with Gasteiger partial charge in [0.1, 0.15) is 11.8 Å². The maximum Gasteiger partial charge on any atom is 0.262 e. The monoisotopic (exact) mass is 381 g/mol. The average molecular weight is 381 g/mol. The summed E-state index contributed by atoms with van der Waals surface area (Å²) in [5, 5.41) is 6.61. The molecule has 2 aromatic carbocycles. The fourth-order valence-corrected chi connectivity index (χ4v) is 2.42. The average Bonchev–Trinajstić information content (AvgIpc) is 2.67. The van der Waals surface area contributed by atoms with Gasteiger partial charge in [0.15, 0.2) is 0 Å². The lowest BCUT2D eigenvalue weighted by molar-refractivity contribution is -0.122. The third-order valence-corrected chi connectivity index (χ3v) is 4.26. The van der Waals surface area contributed by atoms with Crippen LogP contribution in [0.15, 0.2) is 53.6 Å². The Hall–Kier alpha value is -3.15. The lowest BCUT2D eigenvalue weighted by Crippen LogP contribution is -2.43. The highest BCUT2D eigenvalue weighted by Gasteiger charge is 2.16. The Kier molecular flexibility index (Phi) is 6.93. The lowest BCUT2D eigenvalue weighted by Gasteiger charge is -2.18. The van der Waals surface area contributed by atoms with Crippen molar-refractivity contribution >= 4 is 18.0 Å². The zero-order valence-corrected chi connectivity index (χ0v) is 16.9.